The molecule has 0 bridgehead atoms. The van der Waals surface area contributed by atoms with Crippen molar-refractivity contribution in [3.63, 3.8) is 0 Å². The number of hydrogen-bond donors (Lipinski definition) is 2. The molecule has 1 atom stereocenters. The van der Waals surface area contributed by atoms with Gasteiger partial charge < -0.3 is 10.6 Å². The van der Waals surface area contributed by atoms with Crippen LogP contribution in [0.5, 0.6) is 0 Å². The first kappa shape index (κ1) is 17.5. The Labute approximate surface area is 156 Å². The van der Waals surface area contributed by atoms with Crippen LogP contribution in [0.1, 0.15) is 23.6 Å². The standard InChI is InChI=1S/C19H21FN6O/c20-15-3-1-13(2-4-15)11-16(27)22-9-10-26-19-18(23-7-8-24-19)17(25-26)14-5-6-21-12-14/h1-4,7-8,14,21H,5-6,9-12H2,(H,22,27). The molecule has 0 aliphatic carbocycles. The van der Waals surface area contributed by atoms with Crippen molar-refractivity contribution in [2.24, 2.45) is 0 Å². The number of halogens is 1. The highest BCUT2D eigenvalue weighted by atomic mass is 19.1. The van der Waals surface area contributed by atoms with Crippen LogP contribution in [0.25, 0.3) is 11.2 Å². The Morgan fingerprint density at radius 1 is 1.26 bits per heavy atom. The highest BCUT2D eigenvalue weighted by Crippen LogP contribution is 2.26. The summed E-state index contributed by atoms with van der Waals surface area (Å²) in [5.74, 6) is -0.0676. The average molecular weight is 368 g/mol. The van der Waals surface area contributed by atoms with E-state index in [1.54, 1.807) is 24.5 Å². The second kappa shape index (κ2) is 7.79. The summed E-state index contributed by atoms with van der Waals surface area (Å²) in [4.78, 5) is 21.0. The summed E-state index contributed by atoms with van der Waals surface area (Å²) >= 11 is 0. The van der Waals surface area contributed by atoms with Gasteiger partial charge in [-0.1, -0.05) is 12.1 Å². The van der Waals surface area contributed by atoms with Crippen molar-refractivity contribution in [1.82, 2.24) is 30.4 Å². The molecule has 27 heavy (non-hydrogen) atoms. The van der Waals surface area contributed by atoms with Gasteiger partial charge >= 0.3 is 0 Å². The Balaban J connectivity index is 1.40. The molecule has 1 aromatic carbocycles. The first-order valence-electron chi connectivity index (χ1n) is 9.10. The van der Waals surface area contributed by atoms with E-state index in [0.717, 1.165) is 41.9 Å². The molecule has 1 fully saturated rings. The number of carbonyl (C=O) groups is 1. The number of amides is 1. The van der Waals surface area contributed by atoms with Gasteiger partial charge in [-0.25, -0.2) is 19.0 Å². The monoisotopic (exact) mass is 368 g/mol. The summed E-state index contributed by atoms with van der Waals surface area (Å²) in [6.45, 7) is 2.84. The predicted octanol–water partition coefficient (Wildman–Crippen LogP) is 1.40. The molecule has 3 aromatic rings. The summed E-state index contributed by atoms with van der Waals surface area (Å²) in [5.41, 5.74) is 3.33. The molecule has 1 amide bonds. The maximum Gasteiger partial charge on any atom is 0.224 e. The zero-order valence-electron chi connectivity index (χ0n) is 14.9. The molecule has 2 aromatic heterocycles. The minimum absolute atomic E-state index is 0.107. The normalized spacial score (nSPS) is 16.7. The first-order chi connectivity index (χ1) is 13.2. The van der Waals surface area contributed by atoms with Crippen LogP contribution in [0.3, 0.4) is 0 Å². The fraction of sp³-hybridized carbons (Fsp3) is 0.368. The smallest absolute Gasteiger partial charge is 0.224 e. The summed E-state index contributed by atoms with van der Waals surface area (Å²) in [5, 5.41) is 11.0. The minimum atomic E-state index is -0.306. The molecule has 2 N–H and O–H groups in total. The lowest BCUT2D eigenvalue weighted by Gasteiger charge is -2.06. The van der Waals surface area contributed by atoms with Crippen LogP contribution < -0.4 is 10.6 Å². The number of nitrogens with zero attached hydrogens (tertiary/aromatic N) is 4. The topological polar surface area (TPSA) is 84.7 Å². The molecule has 0 radical (unpaired) electrons. The van der Waals surface area contributed by atoms with E-state index in [9.17, 15) is 9.18 Å². The van der Waals surface area contributed by atoms with Crippen LogP contribution >= 0.6 is 0 Å². The van der Waals surface area contributed by atoms with E-state index in [2.05, 4.69) is 20.6 Å². The fourth-order valence-electron chi connectivity index (χ4n) is 3.40. The fourth-order valence-corrected chi connectivity index (χ4v) is 3.40. The Hall–Kier alpha value is -2.87. The predicted molar refractivity (Wildman–Crippen MR) is 98.7 cm³/mol. The van der Waals surface area contributed by atoms with Crippen molar-refractivity contribution in [2.75, 3.05) is 19.6 Å². The maximum absolute atomic E-state index is 12.9. The Kier molecular flexibility index (Phi) is 5.06. The molecule has 1 aliphatic heterocycles. The third-order valence-electron chi connectivity index (χ3n) is 4.77. The summed E-state index contributed by atoms with van der Waals surface area (Å²) in [6, 6.07) is 5.95. The summed E-state index contributed by atoms with van der Waals surface area (Å²) < 4.78 is 14.7. The van der Waals surface area contributed by atoms with Crippen molar-refractivity contribution in [2.45, 2.75) is 25.3 Å². The van der Waals surface area contributed by atoms with Crippen molar-refractivity contribution < 1.29 is 9.18 Å². The highest BCUT2D eigenvalue weighted by molar-refractivity contribution is 5.78. The maximum atomic E-state index is 12.9. The van der Waals surface area contributed by atoms with E-state index in [1.165, 1.54) is 12.1 Å². The van der Waals surface area contributed by atoms with Gasteiger partial charge in [0.05, 0.1) is 18.7 Å². The van der Waals surface area contributed by atoms with Crippen LogP contribution in [-0.4, -0.2) is 45.3 Å². The van der Waals surface area contributed by atoms with Crippen LogP contribution in [0.2, 0.25) is 0 Å². The van der Waals surface area contributed by atoms with Gasteiger partial charge in [-0.3, -0.25) is 4.79 Å². The second-order valence-electron chi connectivity index (χ2n) is 6.68. The minimum Gasteiger partial charge on any atom is -0.354 e. The number of carbonyl (C=O) groups excluding carboxylic acids is 1. The Morgan fingerprint density at radius 2 is 2.07 bits per heavy atom. The van der Waals surface area contributed by atoms with E-state index in [0.29, 0.717) is 19.0 Å². The van der Waals surface area contributed by atoms with Gasteiger partial charge in [-0.2, -0.15) is 5.10 Å². The molecule has 4 rings (SSSR count). The molecular weight excluding hydrogens is 347 g/mol. The first-order valence-corrected chi connectivity index (χ1v) is 9.10. The van der Waals surface area contributed by atoms with Crippen LogP contribution in [0.15, 0.2) is 36.7 Å². The number of aromatic nitrogens is 4. The Morgan fingerprint density at radius 3 is 2.85 bits per heavy atom. The Bertz CT molecular complexity index is 933. The zero-order valence-corrected chi connectivity index (χ0v) is 14.9. The van der Waals surface area contributed by atoms with Crippen molar-refractivity contribution in [3.8, 4) is 0 Å². The average Bonchev–Trinajstić information content (AvgIpc) is 3.32. The van der Waals surface area contributed by atoms with Crippen LogP contribution in [0, 0.1) is 5.82 Å². The highest BCUT2D eigenvalue weighted by Gasteiger charge is 2.24. The molecule has 3 heterocycles. The van der Waals surface area contributed by atoms with E-state index in [-0.39, 0.29) is 18.1 Å². The zero-order chi connectivity index (χ0) is 18.6. The number of rotatable bonds is 6. The third kappa shape index (κ3) is 3.95. The van der Waals surface area contributed by atoms with Gasteiger partial charge in [0.2, 0.25) is 5.91 Å². The van der Waals surface area contributed by atoms with E-state index in [1.807, 2.05) is 4.68 Å². The third-order valence-corrected chi connectivity index (χ3v) is 4.77. The molecule has 1 unspecified atom stereocenters. The molecule has 0 spiro atoms. The molecule has 1 saturated heterocycles. The van der Waals surface area contributed by atoms with E-state index in [4.69, 9.17) is 5.10 Å². The van der Waals surface area contributed by atoms with E-state index < -0.39 is 0 Å². The second-order valence-corrected chi connectivity index (χ2v) is 6.68. The molecule has 8 heteroatoms. The van der Waals surface area contributed by atoms with Crippen molar-refractivity contribution in [3.05, 3.63) is 53.7 Å². The van der Waals surface area contributed by atoms with Gasteiger partial charge in [-0.15, -0.1) is 0 Å². The molecule has 140 valence electrons. The molecule has 0 saturated carbocycles. The lowest BCUT2D eigenvalue weighted by atomic mass is 10.0. The lowest BCUT2D eigenvalue weighted by Crippen LogP contribution is -2.29. The largest absolute Gasteiger partial charge is 0.354 e. The van der Waals surface area contributed by atoms with E-state index >= 15 is 0 Å². The van der Waals surface area contributed by atoms with Gasteiger partial charge in [0.25, 0.3) is 0 Å². The lowest BCUT2D eigenvalue weighted by molar-refractivity contribution is -0.120. The molecule has 7 nitrogen and oxygen atoms in total. The number of fused-ring (bicyclic) bond motifs is 1. The SMILES string of the molecule is O=C(Cc1ccc(F)cc1)NCCn1nc(C2CCNC2)c2nccnc21. The van der Waals surface area contributed by atoms with Gasteiger partial charge in [0.15, 0.2) is 5.65 Å². The molecular formula is C19H21FN6O. The number of nitrogens with one attached hydrogen (secondary N) is 2. The summed E-state index contributed by atoms with van der Waals surface area (Å²) in [6.07, 6.45) is 4.60. The number of benzene rings is 1. The molecule has 1 aliphatic rings. The van der Waals surface area contributed by atoms with Gasteiger partial charge in [-0.05, 0) is 30.7 Å². The summed E-state index contributed by atoms with van der Waals surface area (Å²) in [7, 11) is 0. The quantitative estimate of drug-likeness (QED) is 0.687. The van der Waals surface area contributed by atoms with Gasteiger partial charge in [0, 0.05) is 31.4 Å². The van der Waals surface area contributed by atoms with Crippen molar-refractivity contribution >= 4 is 17.1 Å². The number of hydrogen-bond acceptors (Lipinski definition) is 5. The van der Waals surface area contributed by atoms with Crippen molar-refractivity contribution in [1.29, 1.82) is 0 Å². The van der Waals surface area contributed by atoms with Gasteiger partial charge in [0.1, 0.15) is 11.3 Å². The van der Waals surface area contributed by atoms with Crippen LogP contribution in [-0.2, 0) is 17.8 Å². The van der Waals surface area contributed by atoms with Crippen LogP contribution in [0.4, 0.5) is 4.39 Å².